The van der Waals surface area contributed by atoms with E-state index in [1.807, 2.05) is 0 Å². The maximum atomic E-state index is 13.0. The van der Waals surface area contributed by atoms with Crippen molar-refractivity contribution < 1.29 is 33.5 Å². The number of rotatable bonds is 6. The average Bonchev–Trinajstić information content (AvgIpc) is 2.67. The molecule has 152 valence electrons. The second kappa shape index (κ2) is 8.34. The molecule has 0 saturated heterocycles. The third-order valence-electron chi connectivity index (χ3n) is 4.49. The highest BCUT2D eigenvalue weighted by Crippen LogP contribution is 2.39. The fourth-order valence-electron chi connectivity index (χ4n) is 3.34. The van der Waals surface area contributed by atoms with Gasteiger partial charge in [0.2, 0.25) is 0 Å². The number of ether oxygens (including phenoxy) is 3. The molecule has 1 aliphatic rings. The fourth-order valence-corrected chi connectivity index (χ4v) is 3.34. The molecule has 29 heavy (non-hydrogen) atoms. The first-order valence-electron chi connectivity index (χ1n) is 9.35. The van der Waals surface area contributed by atoms with Gasteiger partial charge in [-0.05, 0) is 26.3 Å². The van der Waals surface area contributed by atoms with Gasteiger partial charge in [-0.25, -0.2) is 9.59 Å². The van der Waals surface area contributed by atoms with Crippen LogP contribution in [0.2, 0.25) is 0 Å². The first-order chi connectivity index (χ1) is 13.8. The molecule has 0 aliphatic carbocycles. The largest absolute Gasteiger partial charge is 0.575 e. The highest BCUT2D eigenvalue weighted by Gasteiger charge is 2.46. The number of pyridine rings is 1. The van der Waals surface area contributed by atoms with E-state index >= 15 is 0 Å². The van der Waals surface area contributed by atoms with E-state index in [1.165, 1.54) is 13.8 Å². The molecule has 0 fully saturated rings. The number of carbonyl (C=O) groups is 2. The molecule has 0 saturated carbocycles. The molecule has 1 aromatic heterocycles. The van der Waals surface area contributed by atoms with Crippen LogP contribution in [0.25, 0.3) is 0 Å². The number of carbonyl (C=O) groups excluding carboxylic acids is 2. The average molecular weight is 397 g/mol. The van der Waals surface area contributed by atoms with Gasteiger partial charge in [0.1, 0.15) is 0 Å². The molecule has 2 heterocycles. The van der Waals surface area contributed by atoms with Gasteiger partial charge in [0.15, 0.2) is 18.2 Å². The smallest absolute Gasteiger partial charge is 0.376 e. The van der Waals surface area contributed by atoms with Crippen LogP contribution in [-0.2, 0) is 23.8 Å². The van der Waals surface area contributed by atoms with Crippen LogP contribution in [-0.4, -0.2) is 24.3 Å². The molecule has 0 bridgehead atoms. The predicted octanol–water partition coefficient (Wildman–Crippen LogP) is 1.74. The molecular weight excluding hydrogens is 374 g/mol. The summed E-state index contributed by atoms with van der Waals surface area (Å²) in [5.74, 6) is -4.54. The summed E-state index contributed by atoms with van der Waals surface area (Å²) in [5.41, 5.74) is 0.343. The Kier molecular flexibility index (Phi) is 5.87. The van der Waals surface area contributed by atoms with E-state index in [4.69, 9.17) is 14.2 Å². The predicted molar refractivity (Wildman–Crippen MR) is 99.8 cm³/mol. The lowest BCUT2D eigenvalue weighted by molar-refractivity contribution is -0.713. The van der Waals surface area contributed by atoms with Crippen LogP contribution in [0, 0.1) is 0 Å². The van der Waals surface area contributed by atoms with Crippen molar-refractivity contribution >= 4 is 11.9 Å². The Labute approximate surface area is 169 Å². The highest BCUT2D eigenvalue weighted by molar-refractivity contribution is 5.93. The third-order valence-corrected chi connectivity index (χ3v) is 4.49. The van der Waals surface area contributed by atoms with Crippen molar-refractivity contribution in [3.05, 3.63) is 78.0 Å². The normalized spacial score (nSPS) is 17.7. The minimum atomic E-state index is -1.38. The molecule has 7 heteroatoms. The molecule has 1 aromatic carbocycles. The molecule has 0 radical (unpaired) electrons. The van der Waals surface area contributed by atoms with E-state index in [0.717, 1.165) is 0 Å². The van der Waals surface area contributed by atoms with Crippen LogP contribution in [0.3, 0.4) is 0 Å². The van der Waals surface area contributed by atoms with Crippen LogP contribution in [0.4, 0.5) is 0 Å². The number of cyclic esters (lactones) is 1. The van der Waals surface area contributed by atoms with Crippen LogP contribution < -0.4 is 9.67 Å². The number of esters is 2. The van der Waals surface area contributed by atoms with Gasteiger partial charge in [-0.2, -0.15) is 4.57 Å². The Morgan fingerprint density at radius 2 is 1.72 bits per heavy atom. The van der Waals surface area contributed by atoms with Crippen LogP contribution in [0.1, 0.15) is 38.3 Å². The van der Waals surface area contributed by atoms with Crippen molar-refractivity contribution in [3.63, 3.8) is 0 Å². The molecule has 0 spiro atoms. The Morgan fingerprint density at radius 3 is 2.31 bits per heavy atom. The van der Waals surface area contributed by atoms with Gasteiger partial charge < -0.3 is 19.3 Å². The molecule has 2 unspecified atom stereocenters. The lowest BCUT2D eigenvalue weighted by atomic mass is 9.84. The van der Waals surface area contributed by atoms with Gasteiger partial charge in [-0.3, -0.25) is 0 Å². The summed E-state index contributed by atoms with van der Waals surface area (Å²) in [5, 5.41) is 12.8. The summed E-state index contributed by atoms with van der Waals surface area (Å²) in [4.78, 5) is 25.8. The molecule has 3 rings (SSSR count). The number of nitrogens with zero attached hydrogens (tertiary/aromatic N) is 1. The lowest BCUT2D eigenvalue weighted by Gasteiger charge is -2.41. The monoisotopic (exact) mass is 397 g/mol. The SMILES string of the molecule is CCOC(=O)C(C(C1=C([O-])OC(C)(C)OC1=O)c1ccccc1)[n+]1ccccc1. The number of benzene rings is 1. The van der Waals surface area contributed by atoms with E-state index < -0.39 is 35.6 Å². The van der Waals surface area contributed by atoms with E-state index in [0.29, 0.717) is 5.56 Å². The first kappa shape index (κ1) is 20.4. The second-order valence-electron chi connectivity index (χ2n) is 7.00. The summed E-state index contributed by atoms with van der Waals surface area (Å²) in [6.07, 6.45) is 3.36. The van der Waals surface area contributed by atoms with E-state index in [2.05, 4.69) is 0 Å². The Balaban J connectivity index is 2.22. The Morgan fingerprint density at radius 1 is 1.10 bits per heavy atom. The van der Waals surface area contributed by atoms with E-state index in [1.54, 1.807) is 72.4 Å². The third kappa shape index (κ3) is 4.39. The minimum absolute atomic E-state index is 0.154. The molecule has 0 N–H and O–H groups in total. The summed E-state index contributed by atoms with van der Waals surface area (Å²) in [6, 6.07) is 13.1. The molecule has 0 amide bonds. The first-order valence-corrected chi connectivity index (χ1v) is 9.35. The second-order valence-corrected chi connectivity index (χ2v) is 7.00. The van der Waals surface area contributed by atoms with Crippen molar-refractivity contribution in [2.75, 3.05) is 6.61 Å². The van der Waals surface area contributed by atoms with Crippen molar-refractivity contribution in [2.45, 2.75) is 38.5 Å². The zero-order chi connectivity index (χ0) is 21.0. The molecule has 7 nitrogen and oxygen atoms in total. The van der Waals surface area contributed by atoms with Gasteiger partial charge in [0, 0.05) is 12.1 Å². The van der Waals surface area contributed by atoms with Crippen molar-refractivity contribution in [3.8, 4) is 0 Å². The van der Waals surface area contributed by atoms with Crippen LogP contribution in [0.15, 0.2) is 72.4 Å². The summed E-state index contributed by atoms with van der Waals surface area (Å²) in [7, 11) is 0. The Bertz CT molecular complexity index is 907. The van der Waals surface area contributed by atoms with E-state index in [-0.39, 0.29) is 12.2 Å². The molecule has 2 atom stereocenters. The topological polar surface area (TPSA) is 88.8 Å². The molecule has 1 aliphatic heterocycles. The van der Waals surface area contributed by atoms with Crippen molar-refractivity contribution in [1.82, 2.24) is 0 Å². The zero-order valence-electron chi connectivity index (χ0n) is 16.5. The van der Waals surface area contributed by atoms with Gasteiger partial charge in [0.05, 0.1) is 24.0 Å². The van der Waals surface area contributed by atoms with Crippen molar-refractivity contribution in [2.24, 2.45) is 0 Å². The summed E-state index contributed by atoms with van der Waals surface area (Å²) >= 11 is 0. The summed E-state index contributed by atoms with van der Waals surface area (Å²) in [6.45, 7) is 4.81. The van der Waals surface area contributed by atoms with Gasteiger partial charge in [-0.1, -0.05) is 36.4 Å². The maximum absolute atomic E-state index is 13.0. The standard InChI is InChI=1S/C22H23NO6/c1-4-27-21(26)18(23-13-9-6-10-14-23)16(15-11-7-5-8-12-15)17-19(24)28-22(2,3)29-20(17)25/h5-14,16,18H,4H2,1-3H3. The maximum Gasteiger partial charge on any atom is 0.376 e. The van der Waals surface area contributed by atoms with Gasteiger partial charge in [-0.15, -0.1) is 0 Å². The quantitative estimate of drug-likeness (QED) is 0.545. The fraction of sp³-hybridized carbons (Fsp3) is 0.318. The highest BCUT2D eigenvalue weighted by atomic mass is 16.8. The number of hydrogen-bond donors (Lipinski definition) is 0. The van der Waals surface area contributed by atoms with Gasteiger partial charge in [0.25, 0.3) is 6.04 Å². The number of hydrogen-bond acceptors (Lipinski definition) is 6. The van der Waals surface area contributed by atoms with Gasteiger partial charge >= 0.3 is 11.9 Å². The minimum Gasteiger partial charge on any atom is -0.575 e. The zero-order valence-corrected chi connectivity index (χ0v) is 16.5. The summed E-state index contributed by atoms with van der Waals surface area (Å²) < 4.78 is 17.5. The molecule has 2 aromatic rings. The Hall–Kier alpha value is -3.35. The van der Waals surface area contributed by atoms with Crippen LogP contribution in [0.5, 0.6) is 0 Å². The number of aromatic nitrogens is 1. The molecular formula is C22H23NO6. The lowest BCUT2D eigenvalue weighted by Crippen LogP contribution is -2.50. The van der Waals surface area contributed by atoms with E-state index in [9.17, 15) is 14.7 Å². The van der Waals surface area contributed by atoms with Crippen molar-refractivity contribution in [1.29, 1.82) is 0 Å². The van der Waals surface area contributed by atoms with Crippen LogP contribution >= 0.6 is 0 Å².